The number of benzene rings is 5. The molecule has 3 aromatic heterocycles. The highest BCUT2D eigenvalue weighted by atomic mass is 79.9. The summed E-state index contributed by atoms with van der Waals surface area (Å²) in [5.74, 6) is 1.21. The summed E-state index contributed by atoms with van der Waals surface area (Å²) in [5.41, 5.74) is 7.05. The predicted octanol–water partition coefficient (Wildman–Crippen LogP) is 11.8. The Bertz CT molecular complexity index is 2600. The molecule has 0 aliphatic rings. The number of fused-ring (bicyclic) bond motifs is 3. The number of methoxy groups -OCH3 is 2. The summed E-state index contributed by atoms with van der Waals surface area (Å²) >= 11 is 10.8. The summed E-state index contributed by atoms with van der Waals surface area (Å²) in [6, 6.07) is 45.3. The van der Waals surface area contributed by atoms with Crippen LogP contribution in [0.2, 0.25) is 0 Å². The number of rotatable bonds is 8. The minimum absolute atomic E-state index is 0.0459. The van der Waals surface area contributed by atoms with Crippen molar-refractivity contribution in [3.63, 3.8) is 0 Å². The third-order valence-corrected chi connectivity index (χ3v) is 10.7. The topological polar surface area (TPSA) is 86.5 Å². The average molecular weight is 894 g/mol. The second-order valence-electron chi connectivity index (χ2n) is 12.1. The van der Waals surface area contributed by atoms with E-state index in [9.17, 15) is 4.79 Å². The van der Waals surface area contributed by atoms with E-state index in [0.29, 0.717) is 17.3 Å². The molecule has 1 N–H and O–H groups in total. The lowest BCUT2D eigenvalue weighted by atomic mass is 9.97. The van der Waals surface area contributed by atoms with Crippen LogP contribution in [0.4, 0.5) is 5.69 Å². The van der Waals surface area contributed by atoms with Crippen LogP contribution < -0.4 is 20.4 Å². The average Bonchev–Trinajstić information content (AvgIpc) is 3.19. The molecule has 53 heavy (non-hydrogen) atoms. The van der Waals surface area contributed by atoms with E-state index in [1.807, 2.05) is 78.9 Å². The van der Waals surface area contributed by atoms with Crippen molar-refractivity contribution in [2.24, 2.45) is 0 Å². The molecule has 8 rings (SSSR count). The zero-order valence-electron chi connectivity index (χ0n) is 28.6. The first-order valence-corrected chi connectivity index (χ1v) is 19.1. The van der Waals surface area contributed by atoms with Crippen LogP contribution in [0, 0.1) is 0 Å². The summed E-state index contributed by atoms with van der Waals surface area (Å²) in [7, 11) is 3.29. The molecule has 8 aromatic rings. The molecule has 0 bridgehead atoms. The first-order valence-electron chi connectivity index (χ1n) is 16.6. The van der Waals surface area contributed by atoms with Gasteiger partial charge < -0.3 is 19.2 Å². The number of ether oxygens (including phenoxy) is 2. The van der Waals surface area contributed by atoms with Gasteiger partial charge in [-0.15, -0.1) is 0 Å². The summed E-state index contributed by atoms with van der Waals surface area (Å²) < 4.78 is 18.5. The molecule has 264 valence electrons. The molecular formula is C43H32Br3N3O4. The number of nitrogens with zero attached hydrogens (tertiary/aromatic N) is 2. The van der Waals surface area contributed by atoms with Crippen molar-refractivity contribution in [2.45, 2.75) is 10.9 Å². The van der Waals surface area contributed by atoms with Gasteiger partial charge in [-0.05, 0) is 83.9 Å². The van der Waals surface area contributed by atoms with Gasteiger partial charge in [-0.1, -0.05) is 108 Å². The molecule has 0 saturated carbocycles. The molecule has 0 aliphatic carbocycles. The Balaban J connectivity index is 0.000000179. The fraction of sp³-hybridized carbons (Fsp3) is 0.0930. The highest BCUT2D eigenvalue weighted by Crippen LogP contribution is 2.38. The van der Waals surface area contributed by atoms with E-state index >= 15 is 0 Å². The fourth-order valence-corrected chi connectivity index (χ4v) is 7.51. The van der Waals surface area contributed by atoms with E-state index in [0.717, 1.165) is 58.5 Å². The van der Waals surface area contributed by atoms with Gasteiger partial charge in [0.1, 0.15) is 5.58 Å². The van der Waals surface area contributed by atoms with Gasteiger partial charge in [0.25, 0.3) is 0 Å². The second-order valence-corrected chi connectivity index (χ2v) is 14.9. The lowest BCUT2D eigenvalue weighted by molar-refractivity contribution is 0.393. The van der Waals surface area contributed by atoms with Gasteiger partial charge in [0.15, 0.2) is 0 Å². The smallest absolute Gasteiger partial charge is 0.336 e. The number of anilines is 1. The molecule has 10 heteroatoms. The number of hydrogen-bond acceptors (Lipinski definition) is 7. The second kappa shape index (κ2) is 16.3. The lowest BCUT2D eigenvalue weighted by Crippen LogP contribution is -2.14. The summed E-state index contributed by atoms with van der Waals surface area (Å²) in [4.78, 5) is 20.9. The van der Waals surface area contributed by atoms with Crippen LogP contribution in [-0.2, 0) is 0 Å². The monoisotopic (exact) mass is 891 g/mol. The Morgan fingerprint density at radius 1 is 0.604 bits per heavy atom. The van der Waals surface area contributed by atoms with Gasteiger partial charge in [-0.2, -0.15) is 0 Å². The molecule has 3 heterocycles. The molecule has 2 atom stereocenters. The minimum Gasteiger partial charge on any atom is -0.481 e. The van der Waals surface area contributed by atoms with Crippen molar-refractivity contribution in [1.29, 1.82) is 0 Å². The van der Waals surface area contributed by atoms with E-state index in [2.05, 4.69) is 101 Å². The molecule has 0 spiro atoms. The van der Waals surface area contributed by atoms with Crippen LogP contribution >= 0.6 is 47.8 Å². The molecule has 2 unspecified atom stereocenters. The third-order valence-electron chi connectivity index (χ3n) is 8.67. The third kappa shape index (κ3) is 8.30. The van der Waals surface area contributed by atoms with Crippen molar-refractivity contribution in [2.75, 3.05) is 19.5 Å². The van der Waals surface area contributed by atoms with Crippen molar-refractivity contribution in [3.05, 3.63) is 181 Å². The zero-order valence-corrected chi connectivity index (χ0v) is 33.4. The SMILES string of the molecule is COc1nc2ccc(Br)cc2cc1C(Br)c1ccccc1.COc1nc2ccc(Br)cc2cc1C(Nc1ccc2oc(=O)ccc2c1)c1ccccc1. The summed E-state index contributed by atoms with van der Waals surface area (Å²) in [6.07, 6.45) is 0. The highest BCUT2D eigenvalue weighted by molar-refractivity contribution is 9.10. The molecular weight excluding hydrogens is 862 g/mol. The first kappa shape index (κ1) is 36.3. The van der Waals surface area contributed by atoms with Crippen LogP contribution in [0.3, 0.4) is 0 Å². The number of hydrogen-bond donors (Lipinski definition) is 1. The Hall–Kier alpha value is -5.03. The standard InChI is InChI=1S/C26H19BrN2O3.C17H13Br2NO/c1-31-26-21(15-18-13-19(27)8-10-22(18)29-26)25(16-5-3-2-4-6-16)28-20-9-11-23-17(14-20)7-12-24(30)32-23;1-21-17-14(16(19)11-5-3-2-4-6-11)10-12-9-13(18)7-8-15(12)20-17/h2-15,25,28H,1H3;2-10,16H,1H3. The summed E-state index contributed by atoms with van der Waals surface area (Å²) in [5, 5.41) is 6.56. The normalized spacial score (nSPS) is 12.2. The van der Waals surface area contributed by atoms with Crippen LogP contribution in [0.1, 0.15) is 33.1 Å². The van der Waals surface area contributed by atoms with Crippen LogP contribution in [-0.4, -0.2) is 24.2 Å². The van der Waals surface area contributed by atoms with Crippen molar-refractivity contribution in [3.8, 4) is 11.8 Å². The van der Waals surface area contributed by atoms with Gasteiger partial charge in [-0.25, -0.2) is 14.8 Å². The van der Waals surface area contributed by atoms with Gasteiger partial charge in [0.05, 0.1) is 36.1 Å². The number of pyridine rings is 2. The number of alkyl halides is 1. The molecule has 0 amide bonds. The summed E-state index contributed by atoms with van der Waals surface area (Å²) in [6.45, 7) is 0. The van der Waals surface area contributed by atoms with Crippen LogP contribution in [0.15, 0.2) is 158 Å². The molecule has 5 aromatic carbocycles. The fourth-order valence-electron chi connectivity index (χ4n) is 6.12. The van der Waals surface area contributed by atoms with Crippen LogP contribution in [0.25, 0.3) is 32.8 Å². The molecule has 0 fully saturated rings. The Labute approximate surface area is 331 Å². The van der Waals surface area contributed by atoms with E-state index in [1.54, 1.807) is 26.4 Å². The molecule has 0 radical (unpaired) electrons. The Morgan fingerprint density at radius 3 is 1.77 bits per heavy atom. The van der Waals surface area contributed by atoms with Gasteiger partial charge in [-0.3, -0.25) is 0 Å². The molecule has 0 saturated heterocycles. The van der Waals surface area contributed by atoms with Crippen molar-refractivity contribution in [1.82, 2.24) is 9.97 Å². The number of aromatic nitrogens is 2. The van der Waals surface area contributed by atoms with Crippen LogP contribution in [0.5, 0.6) is 11.8 Å². The van der Waals surface area contributed by atoms with Gasteiger partial charge >= 0.3 is 5.63 Å². The molecule has 0 aliphatic heterocycles. The van der Waals surface area contributed by atoms with E-state index < -0.39 is 0 Å². The quantitative estimate of drug-likeness (QED) is 0.120. The maximum atomic E-state index is 11.5. The van der Waals surface area contributed by atoms with E-state index in [1.165, 1.54) is 11.6 Å². The minimum atomic E-state index is -0.362. The predicted molar refractivity (Wildman–Crippen MR) is 224 cm³/mol. The largest absolute Gasteiger partial charge is 0.481 e. The molecule has 7 nitrogen and oxygen atoms in total. The maximum Gasteiger partial charge on any atom is 0.336 e. The van der Waals surface area contributed by atoms with Crippen molar-refractivity contribution >= 4 is 86.3 Å². The number of nitrogens with one attached hydrogen (secondary N) is 1. The van der Waals surface area contributed by atoms with Gasteiger partial charge in [0, 0.05) is 48.0 Å². The maximum absolute atomic E-state index is 11.5. The van der Waals surface area contributed by atoms with Crippen molar-refractivity contribution < 1.29 is 13.9 Å². The first-order chi connectivity index (χ1) is 25.8. The number of halogens is 3. The Kier molecular flexibility index (Phi) is 11.2. The van der Waals surface area contributed by atoms with Gasteiger partial charge in [0.2, 0.25) is 11.8 Å². The Morgan fingerprint density at radius 2 is 1.17 bits per heavy atom. The zero-order chi connectivity index (χ0) is 36.9. The van der Waals surface area contributed by atoms with E-state index in [4.69, 9.17) is 18.9 Å². The lowest BCUT2D eigenvalue weighted by Gasteiger charge is -2.23. The highest BCUT2D eigenvalue weighted by Gasteiger charge is 2.21. The van der Waals surface area contributed by atoms with E-state index in [-0.39, 0.29) is 16.5 Å².